The standard InChI is InChI=1S/C14H24BrNS/c1-10(12-7-11(15)8-17-12)16-14(5,6)9-13(2,3)4/h7-8,10,16H,9H2,1-6H3. The lowest BCUT2D eigenvalue weighted by atomic mass is 9.81. The highest BCUT2D eigenvalue weighted by atomic mass is 79.9. The summed E-state index contributed by atoms with van der Waals surface area (Å²) in [5, 5.41) is 5.88. The lowest BCUT2D eigenvalue weighted by Crippen LogP contribution is -2.43. The number of halogens is 1. The van der Waals surface area contributed by atoms with E-state index in [9.17, 15) is 0 Å². The summed E-state index contributed by atoms with van der Waals surface area (Å²) in [6.45, 7) is 13.7. The topological polar surface area (TPSA) is 12.0 Å². The van der Waals surface area contributed by atoms with Gasteiger partial charge in [-0.3, -0.25) is 0 Å². The van der Waals surface area contributed by atoms with Crippen LogP contribution in [0, 0.1) is 5.41 Å². The highest BCUT2D eigenvalue weighted by molar-refractivity contribution is 9.10. The smallest absolute Gasteiger partial charge is 0.0390 e. The molecule has 0 aliphatic carbocycles. The Morgan fingerprint density at radius 3 is 2.29 bits per heavy atom. The fraction of sp³-hybridized carbons (Fsp3) is 0.714. The minimum atomic E-state index is 0.161. The first-order valence-electron chi connectivity index (χ1n) is 6.11. The Morgan fingerprint density at radius 1 is 1.29 bits per heavy atom. The second kappa shape index (κ2) is 5.41. The van der Waals surface area contributed by atoms with Crippen LogP contribution in [0.5, 0.6) is 0 Å². The van der Waals surface area contributed by atoms with Crippen molar-refractivity contribution >= 4 is 27.3 Å². The molecule has 0 amide bonds. The maximum absolute atomic E-state index is 3.73. The molecule has 1 aromatic rings. The number of hydrogen-bond acceptors (Lipinski definition) is 2. The predicted molar refractivity (Wildman–Crippen MR) is 81.7 cm³/mol. The highest BCUT2D eigenvalue weighted by Crippen LogP contribution is 2.31. The molecule has 0 fully saturated rings. The van der Waals surface area contributed by atoms with Crippen molar-refractivity contribution in [1.82, 2.24) is 5.32 Å². The van der Waals surface area contributed by atoms with Gasteiger partial charge in [-0.25, -0.2) is 0 Å². The zero-order valence-corrected chi connectivity index (χ0v) is 14.1. The minimum absolute atomic E-state index is 0.161. The van der Waals surface area contributed by atoms with Crippen molar-refractivity contribution in [3.63, 3.8) is 0 Å². The molecule has 1 rings (SSSR count). The zero-order chi connectivity index (χ0) is 13.3. The van der Waals surface area contributed by atoms with E-state index in [2.05, 4.69) is 74.2 Å². The van der Waals surface area contributed by atoms with Gasteiger partial charge in [0.05, 0.1) is 0 Å². The van der Waals surface area contributed by atoms with Gasteiger partial charge in [0.1, 0.15) is 0 Å². The summed E-state index contributed by atoms with van der Waals surface area (Å²) in [5.74, 6) is 0. The quantitative estimate of drug-likeness (QED) is 0.786. The maximum atomic E-state index is 3.73. The van der Waals surface area contributed by atoms with Crippen LogP contribution in [0.3, 0.4) is 0 Å². The van der Waals surface area contributed by atoms with E-state index >= 15 is 0 Å². The van der Waals surface area contributed by atoms with Crippen molar-refractivity contribution in [1.29, 1.82) is 0 Å². The first kappa shape index (κ1) is 15.2. The van der Waals surface area contributed by atoms with Gasteiger partial charge in [0, 0.05) is 26.3 Å². The molecular formula is C14H24BrNS. The largest absolute Gasteiger partial charge is 0.304 e. The molecule has 0 aliphatic heterocycles. The lowest BCUT2D eigenvalue weighted by Gasteiger charge is -2.35. The van der Waals surface area contributed by atoms with Gasteiger partial charge in [0.15, 0.2) is 0 Å². The molecule has 0 radical (unpaired) electrons. The molecule has 3 heteroatoms. The molecule has 17 heavy (non-hydrogen) atoms. The molecule has 1 nitrogen and oxygen atoms in total. The highest BCUT2D eigenvalue weighted by Gasteiger charge is 2.27. The molecule has 1 unspecified atom stereocenters. The number of rotatable bonds is 4. The molecule has 0 aromatic carbocycles. The Labute approximate surface area is 118 Å². The van der Waals surface area contributed by atoms with Crippen LogP contribution in [0.15, 0.2) is 15.9 Å². The van der Waals surface area contributed by atoms with Crippen molar-refractivity contribution < 1.29 is 0 Å². The van der Waals surface area contributed by atoms with Gasteiger partial charge >= 0.3 is 0 Å². The number of thiophene rings is 1. The minimum Gasteiger partial charge on any atom is -0.304 e. The van der Waals surface area contributed by atoms with Crippen molar-refractivity contribution in [3.05, 3.63) is 20.8 Å². The molecule has 1 heterocycles. The second-order valence-electron chi connectivity index (χ2n) is 6.65. The Kier molecular flexibility index (Phi) is 4.84. The number of hydrogen-bond donors (Lipinski definition) is 1. The summed E-state index contributed by atoms with van der Waals surface area (Å²) in [7, 11) is 0. The van der Waals surface area contributed by atoms with E-state index < -0.39 is 0 Å². The van der Waals surface area contributed by atoms with Gasteiger partial charge < -0.3 is 5.32 Å². The molecule has 0 saturated carbocycles. The summed E-state index contributed by atoms with van der Waals surface area (Å²) in [6.07, 6.45) is 1.16. The van der Waals surface area contributed by atoms with Crippen molar-refractivity contribution in [3.8, 4) is 0 Å². The number of nitrogens with one attached hydrogen (secondary N) is 1. The monoisotopic (exact) mass is 317 g/mol. The van der Waals surface area contributed by atoms with Crippen LogP contribution in [0.2, 0.25) is 0 Å². The lowest BCUT2D eigenvalue weighted by molar-refractivity contribution is 0.227. The molecule has 0 bridgehead atoms. The zero-order valence-electron chi connectivity index (χ0n) is 11.7. The SMILES string of the molecule is CC(NC(C)(C)CC(C)(C)C)c1cc(Br)cs1. The molecule has 0 aliphatic rings. The van der Waals surface area contributed by atoms with Crippen LogP contribution in [0.25, 0.3) is 0 Å². The van der Waals surface area contributed by atoms with Gasteiger partial charge in [0.2, 0.25) is 0 Å². The fourth-order valence-corrected chi connectivity index (χ4v) is 4.04. The van der Waals surface area contributed by atoms with Crippen molar-refractivity contribution in [2.24, 2.45) is 5.41 Å². The average molecular weight is 318 g/mol. The Morgan fingerprint density at radius 2 is 1.88 bits per heavy atom. The Bertz CT molecular complexity index is 363. The van der Waals surface area contributed by atoms with Gasteiger partial charge in [0.25, 0.3) is 0 Å². The Balaban J connectivity index is 2.64. The second-order valence-corrected chi connectivity index (χ2v) is 8.51. The first-order valence-corrected chi connectivity index (χ1v) is 7.78. The summed E-state index contributed by atoms with van der Waals surface area (Å²) in [4.78, 5) is 1.39. The van der Waals surface area contributed by atoms with Crippen LogP contribution < -0.4 is 5.32 Å². The maximum Gasteiger partial charge on any atom is 0.0390 e. The van der Waals surface area contributed by atoms with E-state index in [1.54, 1.807) is 11.3 Å². The third-order valence-corrected chi connectivity index (χ3v) is 4.47. The van der Waals surface area contributed by atoms with Crippen LogP contribution in [-0.2, 0) is 0 Å². The van der Waals surface area contributed by atoms with Crippen LogP contribution in [0.4, 0.5) is 0 Å². The van der Waals surface area contributed by atoms with Gasteiger partial charge in [-0.1, -0.05) is 20.8 Å². The van der Waals surface area contributed by atoms with E-state index in [-0.39, 0.29) is 5.54 Å². The molecule has 1 N–H and O–H groups in total. The van der Waals surface area contributed by atoms with Crippen molar-refractivity contribution in [2.75, 3.05) is 0 Å². The third-order valence-electron chi connectivity index (χ3n) is 2.59. The molecule has 0 saturated heterocycles. The summed E-state index contributed by atoms with van der Waals surface area (Å²) >= 11 is 5.32. The van der Waals surface area contributed by atoms with E-state index in [0.29, 0.717) is 11.5 Å². The average Bonchev–Trinajstić information content (AvgIpc) is 2.45. The van der Waals surface area contributed by atoms with Crippen LogP contribution in [0.1, 0.15) is 58.9 Å². The van der Waals surface area contributed by atoms with Gasteiger partial charge in [-0.05, 0) is 54.6 Å². The van der Waals surface area contributed by atoms with E-state index in [0.717, 1.165) is 6.42 Å². The van der Waals surface area contributed by atoms with Crippen LogP contribution in [-0.4, -0.2) is 5.54 Å². The third kappa shape index (κ3) is 5.54. The molecular weight excluding hydrogens is 294 g/mol. The van der Waals surface area contributed by atoms with E-state index in [1.807, 2.05) is 0 Å². The molecule has 98 valence electrons. The summed E-state index contributed by atoms with van der Waals surface area (Å²) < 4.78 is 1.18. The van der Waals surface area contributed by atoms with Gasteiger partial charge in [-0.15, -0.1) is 11.3 Å². The first-order chi connectivity index (χ1) is 7.59. The molecule has 1 aromatic heterocycles. The van der Waals surface area contributed by atoms with Crippen LogP contribution >= 0.6 is 27.3 Å². The fourth-order valence-electron chi connectivity index (χ4n) is 2.59. The molecule has 1 atom stereocenters. The summed E-state index contributed by atoms with van der Waals surface area (Å²) in [5.41, 5.74) is 0.514. The predicted octanol–water partition coefficient (Wildman–Crippen LogP) is 5.38. The Hall–Kier alpha value is 0.140. The molecule has 0 spiro atoms. The van der Waals surface area contributed by atoms with E-state index in [1.165, 1.54) is 9.35 Å². The normalized spacial score (nSPS) is 15.0. The van der Waals surface area contributed by atoms with Gasteiger partial charge in [-0.2, -0.15) is 0 Å². The van der Waals surface area contributed by atoms with Crippen molar-refractivity contribution in [2.45, 2.75) is 59.5 Å². The summed E-state index contributed by atoms with van der Waals surface area (Å²) in [6, 6.07) is 2.61. The van der Waals surface area contributed by atoms with E-state index in [4.69, 9.17) is 0 Å².